The van der Waals surface area contributed by atoms with Crippen molar-refractivity contribution in [2.24, 2.45) is 5.92 Å². The molecule has 318 valence electrons. The second-order valence-electron chi connectivity index (χ2n) is 17.3. The molecule has 10 heteroatoms. The van der Waals surface area contributed by atoms with Gasteiger partial charge in [-0.3, -0.25) is 4.79 Å². The standard InChI is InChI=1S/C48H70O8Si2/c1-10-57(11-2,12-3)56-41(35-52-34-38-26-28-40(50-8)29-27-38)21-19-20-39(49)30-31-48(51-9)37(4)32-45-46(55-48)33-42(54-45)36-53-58(47(5,6)7,43-22-15-13-16-23-43)44-24-17-14-18-25-44/h13-20,22-29,37,41-42,45-46H,10-12,21,30-36H2,1-9H3/b20-19+/t37-,41-,42+,45-,46-,48+/m0/s1. The maximum atomic E-state index is 13.4. The van der Waals surface area contributed by atoms with Gasteiger partial charge in [0.25, 0.3) is 8.32 Å². The summed E-state index contributed by atoms with van der Waals surface area (Å²) in [5, 5.41) is 2.39. The number of ketones is 1. The highest BCUT2D eigenvalue weighted by Gasteiger charge is 2.54. The van der Waals surface area contributed by atoms with Gasteiger partial charge in [0, 0.05) is 32.3 Å². The fourth-order valence-electron chi connectivity index (χ4n) is 9.04. The maximum Gasteiger partial charge on any atom is 0.261 e. The molecule has 3 aromatic rings. The molecule has 0 amide bonds. The Labute approximate surface area is 351 Å². The van der Waals surface area contributed by atoms with Gasteiger partial charge in [-0.05, 0) is 70.2 Å². The molecule has 5 rings (SSSR count). The quantitative estimate of drug-likeness (QED) is 0.0733. The zero-order valence-corrected chi connectivity index (χ0v) is 38.7. The molecule has 2 heterocycles. The summed E-state index contributed by atoms with van der Waals surface area (Å²) in [6.45, 7) is 17.2. The van der Waals surface area contributed by atoms with Crippen LogP contribution in [0, 0.1) is 5.92 Å². The summed E-state index contributed by atoms with van der Waals surface area (Å²) in [6, 6.07) is 32.5. The van der Waals surface area contributed by atoms with Crippen LogP contribution in [0.2, 0.25) is 23.2 Å². The lowest BCUT2D eigenvalue weighted by Gasteiger charge is -2.45. The predicted molar refractivity (Wildman–Crippen MR) is 238 cm³/mol. The van der Waals surface area contributed by atoms with Crippen LogP contribution < -0.4 is 15.1 Å². The predicted octanol–water partition coefficient (Wildman–Crippen LogP) is 9.40. The van der Waals surface area contributed by atoms with Gasteiger partial charge in [-0.25, -0.2) is 0 Å². The van der Waals surface area contributed by atoms with Crippen molar-refractivity contribution in [3.8, 4) is 5.75 Å². The van der Waals surface area contributed by atoms with Crippen LogP contribution in [0.1, 0.15) is 86.1 Å². The zero-order valence-electron chi connectivity index (χ0n) is 36.7. The van der Waals surface area contributed by atoms with E-state index in [1.807, 2.05) is 30.3 Å². The normalized spacial score (nSPS) is 23.2. The smallest absolute Gasteiger partial charge is 0.261 e. The molecule has 0 aliphatic carbocycles. The average molecular weight is 831 g/mol. The molecule has 2 fully saturated rings. The molecule has 0 saturated carbocycles. The van der Waals surface area contributed by atoms with Gasteiger partial charge in [-0.2, -0.15) is 0 Å². The Kier molecular flexibility index (Phi) is 16.7. The summed E-state index contributed by atoms with van der Waals surface area (Å²) < 4.78 is 45.3. The number of carbonyl (C=O) groups excluding carboxylic acids is 1. The molecular weight excluding hydrogens is 761 g/mol. The van der Waals surface area contributed by atoms with Crippen LogP contribution in [0.25, 0.3) is 0 Å². The Balaban J connectivity index is 1.19. The lowest BCUT2D eigenvalue weighted by atomic mass is 9.85. The molecule has 2 aliphatic rings. The first-order valence-electron chi connectivity index (χ1n) is 21.6. The minimum Gasteiger partial charge on any atom is -0.497 e. The van der Waals surface area contributed by atoms with Crippen molar-refractivity contribution >= 4 is 32.8 Å². The van der Waals surface area contributed by atoms with E-state index in [2.05, 4.69) is 109 Å². The summed E-state index contributed by atoms with van der Waals surface area (Å²) in [7, 11) is -1.23. The number of hydrogen-bond donors (Lipinski definition) is 0. The van der Waals surface area contributed by atoms with Crippen molar-refractivity contribution in [1.82, 2.24) is 0 Å². The number of ether oxygens (including phenoxy) is 5. The van der Waals surface area contributed by atoms with Crippen LogP contribution >= 0.6 is 0 Å². The van der Waals surface area contributed by atoms with E-state index in [4.69, 9.17) is 32.5 Å². The second kappa shape index (κ2) is 21.0. The van der Waals surface area contributed by atoms with Crippen LogP contribution in [0.4, 0.5) is 0 Å². The van der Waals surface area contributed by atoms with Gasteiger partial charge in [0.2, 0.25) is 0 Å². The van der Waals surface area contributed by atoms with Crippen molar-refractivity contribution in [2.45, 2.75) is 141 Å². The molecule has 0 unspecified atom stereocenters. The van der Waals surface area contributed by atoms with Gasteiger partial charge in [-0.1, -0.05) is 127 Å². The van der Waals surface area contributed by atoms with E-state index in [1.54, 1.807) is 20.3 Å². The fraction of sp³-hybridized carbons (Fsp3) is 0.562. The Morgan fingerprint density at radius 3 is 2.05 bits per heavy atom. The lowest BCUT2D eigenvalue weighted by Crippen LogP contribution is -2.67. The van der Waals surface area contributed by atoms with Crippen molar-refractivity contribution < 1.29 is 37.3 Å². The molecule has 0 N–H and O–H groups in total. The molecule has 6 atom stereocenters. The number of allylic oxidation sites excluding steroid dienone is 1. The molecule has 2 aliphatic heterocycles. The van der Waals surface area contributed by atoms with Crippen LogP contribution in [-0.4, -0.2) is 80.1 Å². The van der Waals surface area contributed by atoms with Crippen molar-refractivity contribution in [3.63, 3.8) is 0 Å². The van der Waals surface area contributed by atoms with Crippen molar-refractivity contribution in [2.75, 3.05) is 27.4 Å². The van der Waals surface area contributed by atoms with E-state index >= 15 is 0 Å². The highest BCUT2D eigenvalue weighted by Crippen LogP contribution is 2.44. The first-order valence-corrected chi connectivity index (χ1v) is 26.0. The summed E-state index contributed by atoms with van der Waals surface area (Å²) in [5.74, 6) is 0.0556. The van der Waals surface area contributed by atoms with Crippen LogP contribution in [0.5, 0.6) is 5.75 Å². The fourth-order valence-corrected chi connectivity index (χ4v) is 16.5. The molecule has 0 bridgehead atoms. The van der Waals surface area contributed by atoms with Gasteiger partial charge in [0.05, 0.1) is 51.3 Å². The third-order valence-corrected chi connectivity index (χ3v) is 22.4. The largest absolute Gasteiger partial charge is 0.497 e. The Hall–Kier alpha value is -2.94. The van der Waals surface area contributed by atoms with Crippen molar-refractivity contribution in [3.05, 3.63) is 103 Å². The van der Waals surface area contributed by atoms with Crippen LogP contribution in [-0.2, 0) is 39.2 Å². The van der Waals surface area contributed by atoms with Gasteiger partial charge in [0.1, 0.15) is 5.75 Å². The molecule has 8 nitrogen and oxygen atoms in total. The summed E-state index contributed by atoms with van der Waals surface area (Å²) >= 11 is 0. The van der Waals surface area contributed by atoms with Crippen LogP contribution in [0.15, 0.2) is 97.1 Å². The number of benzene rings is 3. The average Bonchev–Trinajstić information content (AvgIpc) is 3.63. The number of rotatable bonds is 22. The molecule has 0 radical (unpaired) electrons. The van der Waals surface area contributed by atoms with Crippen LogP contribution in [0.3, 0.4) is 0 Å². The second-order valence-corrected chi connectivity index (χ2v) is 26.3. The van der Waals surface area contributed by atoms with E-state index in [-0.39, 0.29) is 41.2 Å². The maximum absolute atomic E-state index is 13.4. The summed E-state index contributed by atoms with van der Waals surface area (Å²) in [5.41, 5.74) is 1.08. The number of hydrogen-bond acceptors (Lipinski definition) is 8. The van der Waals surface area contributed by atoms with Gasteiger partial charge in [0.15, 0.2) is 19.9 Å². The van der Waals surface area contributed by atoms with E-state index < -0.39 is 22.4 Å². The Morgan fingerprint density at radius 1 is 0.879 bits per heavy atom. The lowest BCUT2D eigenvalue weighted by molar-refractivity contribution is -0.307. The SMILES string of the molecule is CC[Si](CC)(CC)O[C@@H](C/C=C/C(=O)CC[C@@]1(OC)O[C@H]2C[C@H](CO[Si](c3ccccc3)(c3ccccc3)C(C)(C)C)O[C@H]2C[C@@H]1C)COCc1ccc(OC)cc1. The van der Waals surface area contributed by atoms with Crippen molar-refractivity contribution in [1.29, 1.82) is 0 Å². The highest BCUT2D eigenvalue weighted by molar-refractivity contribution is 6.99. The van der Waals surface area contributed by atoms with E-state index in [9.17, 15) is 4.79 Å². The van der Waals surface area contributed by atoms with E-state index in [0.29, 0.717) is 45.5 Å². The van der Waals surface area contributed by atoms with Gasteiger partial charge in [-0.15, -0.1) is 0 Å². The minimum absolute atomic E-state index is 0.0442. The highest BCUT2D eigenvalue weighted by atomic mass is 28.4. The molecule has 2 saturated heterocycles. The van der Waals surface area contributed by atoms with Gasteiger partial charge < -0.3 is 32.5 Å². The molecule has 58 heavy (non-hydrogen) atoms. The number of carbonyl (C=O) groups is 1. The summed E-state index contributed by atoms with van der Waals surface area (Å²) in [6.07, 6.45) is 6.20. The molecular formula is C48H70O8Si2. The number of fused-ring (bicyclic) bond motifs is 1. The summed E-state index contributed by atoms with van der Waals surface area (Å²) in [4.78, 5) is 13.4. The molecule has 3 aromatic carbocycles. The molecule has 0 spiro atoms. The monoisotopic (exact) mass is 830 g/mol. The first kappa shape index (κ1) is 46.1. The van der Waals surface area contributed by atoms with Gasteiger partial charge >= 0.3 is 0 Å². The number of methoxy groups -OCH3 is 2. The van der Waals surface area contributed by atoms with E-state index in [1.165, 1.54) is 10.4 Å². The first-order chi connectivity index (χ1) is 27.9. The Bertz CT molecular complexity index is 1660. The topological polar surface area (TPSA) is 81.7 Å². The Morgan fingerprint density at radius 2 is 1.50 bits per heavy atom. The third-order valence-electron chi connectivity index (χ3n) is 12.7. The zero-order chi connectivity index (χ0) is 41.8. The third kappa shape index (κ3) is 11.1. The molecule has 0 aromatic heterocycles. The minimum atomic E-state index is -2.71. The van der Waals surface area contributed by atoms with E-state index in [0.717, 1.165) is 35.9 Å².